The molecule has 0 bridgehead atoms. The average molecular weight is 370 g/mol. The molecule has 0 aromatic heterocycles. The van der Waals surface area contributed by atoms with Gasteiger partial charge in [-0.05, 0) is 48.2 Å². The summed E-state index contributed by atoms with van der Waals surface area (Å²) >= 11 is 0. The van der Waals surface area contributed by atoms with Crippen LogP contribution in [0, 0.1) is 0 Å². The molecule has 5 nitrogen and oxygen atoms in total. The van der Waals surface area contributed by atoms with Crippen molar-refractivity contribution in [2.45, 2.75) is 45.3 Å². The number of benzene rings is 2. The molecule has 0 heterocycles. The third kappa shape index (κ3) is 4.95. The first kappa shape index (κ1) is 21.1. The van der Waals surface area contributed by atoms with Gasteiger partial charge in [0, 0.05) is 12.6 Å². The van der Waals surface area contributed by atoms with Gasteiger partial charge in [-0.15, -0.1) is 0 Å². The van der Waals surface area contributed by atoms with Gasteiger partial charge in [0.05, 0.1) is 6.04 Å². The molecule has 3 N–H and O–H groups in total. The summed E-state index contributed by atoms with van der Waals surface area (Å²) in [5.41, 5.74) is 6.43. The van der Waals surface area contributed by atoms with Gasteiger partial charge in [-0.2, -0.15) is 5.48 Å². The highest BCUT2D eigenvalue weighted by Crippen LogP contribution is 2.26. The highest BCUT2D eigenvalue weighted by molar-refractivity contribution is 5.94. The van der Waals surface area contributed by atoms with Crippen molar-refractivity contribution in [3.63, 3.8) is 0 Å². The number of carbonyl (C=O) groups excluding carboxylic acids is 1. The molecule has 0 aliphatic rings. The number of hydrogen-bond acceptors (Lipinski definition) is 4. The van der Waals surface area contributed by atoms with Crippen LogP contribution in [-0.2, 0) is 5.41 Å². The lowest BCUT2D eigenvalue weighted by atomic mass is 9.86. The van der Waals surface area contributed by atoms with E-state index < -0.39 is 6.17 Å². The molecule has 0 aliphatic heterocycles. The zero-order valence-electron chi connectivity index (χ0n) is 17.1. The predicted octanol–water partition coefficient (Wildman–Crippen LogP) is 3.64. The Kier molecular flexibility index (Phi) is 6.76. The summed E-state index contributed by atoms with van der Waals surface area (Å²) in [6, 6.07) is 16.0. The molecule has 0 aliphatic carbocycles. The molecule has 1 amide bonds. The van der Waals surface area contributed by atoms with Crippen LogP contribution in [0.5, 0.6) is 0 Å². The van der Waals surface area contributed by atoms with E-state index in [0.29, 0.717) is 5.56 Å². The minimum atomic E-state index is -0.403. The van der Waals surface area contributed by atoms with Gasteiger partial charge in [0.1, 0.15) is 6.17 Å². The van der Waals surface area contributed by atoms with E-state index in [0.717, 1.165) is 11.1 Å². The highest BCUT2D eigenvalue weighted by Gasteiger charge is 2.23. The van der Waals surface area contributed by atoms with Crippen LogP contribution >= 0.6 is 0 Å². The van der Waals surface area contributed by atoms with Crippen molar-refractivity contribution in [1.29, 1.82) is 0 Å². The number of hydroxylamine groups is 1. The molecule has 27 heavy (non-hydrogen) atoms. The van der Waals surface area contributed by atoms with Crippen molar-refractivity contribution >= 4 is 5.91 Å². The summed E-state index contributed by atoms with van der Waals surface area (Å²) in [5, 5.41) is 12.1. The Morgan fingerprint density at radius 3 is 1.89 bits per heavy atom. The van der Waals surface area contributed by atoms with Crippen LogP contribution in [0.1, 0.15) is 43.6 Å². The topological polar surface area (TPSA) is 64.6 Å². The number of rotatable bonds is 6. The standard InChI is InChI=1S/C22H31N3O2/c1-15(20(23-5)24-27)25(6)21(26)18-9-7-16(8-10-18)17-11-13-19(14-12-17)22(2,3)4/h7-15,20,23-24,27H,1-6H3. The maximum Gasteiger partial charge on any atom is 0.253 e. The van der Waals surface area contributed by atoms with E-state index in [2.05, 4.69) is 55.8 Å². The van der Waals surface area contributed by atoms with Crippen LogP contribution in [0.15, 0.2) is 48.5 Å². The normalized spacial score (nSPS) is 13.9. The Balaban J connectivity index is 2.16. The van der Waals surface area contributed by atoms with E-state index in [-0.39, 0.29) is 17.4 Å². The average Bonchev–Trinajstić information content (AvgIpc) is 2.67. The maximum absolute atomic E-state index is 12.7. The Hall–Kier alpha value is -2.21. The van der Waals surface area contributed by atoms with Gasteiger partial charge in [0.2, 0.25) is 0 Å². The van der Waals surface area contributed by atoms with Crippen molar-refractivity contribution in [2.24, 2.45) is 0 Å². The molecule has 0 radical (unpaired) electrons. The van der Waals surface area contributed by atoms with Crippen LogP contribution in [0.25, 0.3) is 11.1 Å². The zero-order valence-corrected chi connectivity index (χ0v) is 17.1. The van der Waals surface area contributed by atoms with Crippen molar-refractivity contribution in [2.75, 3.05) is 14.1 Å². The smallest absolute Gasteiger partial charge is 0.253 e. The van der Waals surface area contributed by atoms with E-state index in [1.807, 2.05) is 31.2 Å². The third-order valence-electron chi connectivity index (χ3n) is 5.08. The lowest BCUT2D eigenvalue weighted by Gasteiger charge is -2.31. The first-order valence-corrected chi connectivity index (χ1v) is 9.24. The summed E-state index contributed by atoms with van der Waals surface area (Å²) in [6.07, 6.45) is -0.403. The Labute approximate surface area is 162 Å². The number of hydrogen-bond donors (Lipinski definition) is 3. The van der Waals surface area contributed by atoms with Crippen LogP contribution in [0.3, 0.4) is 0 Å². The summed E-state index contributed by atoms with van der Waals surface area (Å²) < 4.78 is 0. The third-order valence-corrected chi connectivity index (χ3v) is 5.08. The first-order chi connectivity index (χ1) is 12.7. The van der Waals surface area contributed by atoms with Crippen molar-refractivity contribution in [3.8, 4) is 11.1 Å². The number of likely N-dealkylation sites (N-methyl/N-ethyl adjacent to an activating group) is 2. The van der Waals surface area contributed by atoms with Crippen LogP contribution in [0.2, 0.25) is 0 Å². The first-order valence-electron chi connectivity index (χ1n) is 9.24. The molecule has 2 unspecified atom stereocenters. The predicted molar refractivity (Wildman–Crippen MR) is 110 cm³/mol. The molecule has 2 aromatic rings. The van der Waals surface area contributed by atoms with E-state index in [1.54, 1.807) is 19.0 Å². The fourth-order valence-corrected chi connectivity index (χ4v) is 2.99. The van der Waals surface area contributed by atoms with E-state index in [9.17, 15) is 10.0 Å². The van der Waals surface area contributed by atoms with Gasteiger partial charge in [0.25, 0.3) is 5.91 Å². The molecular weight excluding hydrogens is 338 g/mol. The van der Waals surface area contributed by atoms with E-state index >= 15 is 0 Å². The maximum atomic E-state index is 12.7. The van der Waals surface area contributed by atoms with Gasteiger partial charge >= 0.3 is 0 Å². The second-order valence-electron chi connectivity index (χ2n) is 7.96. The van der Waals surface area contributed by atoms with Gasteiger partial charge in [-0.1, -0.05) is 57.2 Å². The molecule has 2 aromatic carbocycles. The van der Waals surface area contributed by atoms with Crippen molar-refractivity contribution < 1.29 is 10.0 Å². The largest absolute Gasteiger partial charge is 0.336 e. The Morgan fingerprint density at radius 2 is 1.48 bits per heavy atom. The van der Waals surface area contributed by atoms with Crippen LogP contribution in [-0.4, -0.2) is 42.3 Å². The number of nitrogens with zero attached hydrogens (tertiary/aromatic N) is 1. The zero-order chi connectivity index (χ0) is 20.2. The van der Waals surface area contributed by atoms with Gasteiger partial charge in [-0.3, -0.25) is 4.79 Å². The van der Waals surface area contributed by atoms with Gasteiger partial charge < -0.3 is 15.4 Å². The quantitative estimate of drug-likeness (QED) is 0.537. The second kappa shape index (κ2) is 8.65. The minimum Gasteiger partial charge on any atom is -0.336 e. The van der Waals surface area contributed by atoms with Crippen LogP contribution < -0.4 is 10.8 Å². The number of nitrogens with one attached hydrogen (secondary N) is 2. The summed E-state index contributed by atoms with van der Waals surface area (Å²) in [4.78, 5) is 14.3. The number of amides is 1. The molecular formula is C22H31N3O2. The van der Waals surface area contributed by atoms with Crippen molar-refractivity contribution in [1.82, 2.24) is 15.7 Å². The molecule has 0 spiro atoms. The Morgan fingerprint density at radius 1 is 1.00 bits per heavy atom. The second-order valence-corrected chi connectivity index (χ2v) is 7.96. The van der Waals surface area contributed by atoms with Crippen molar-refractivity contribution in [3.05, 3.63) is 59.7 Å². The lowest BCUT2D eigenvalue weighted by molar-refractivity contribution is 0.0493. The monoisotopic (exact) mass is 369 g/mol. The summed E-state index contributed by atoms with van der Waals surface area (Å²) in [5.74, 6) is -0.0902. The van der Waals surface area contributed by atoms with Gasteiger partial charge in [0.15, 0.2) is 0 Å². The SMILES string of the molecule is CNC(NO)C(C)N(C)C(=O)c1ccc(-c2ccc(C(C)(C)C)cc2)cc1. The van der Waals surface area contributed by atoms with Gasteiger partial charge in [-0.25, -0.2) is 0 Å². The molecule has 0 saturated heterocycles. The number of carbonyl (C=O) groups is 1. The molecule has 2 rings (SSSR count). The molecule has 5 heteroatoms. The van der Waals surface area contributed by atoms with Crippen LogP contribution in [0.4, 0.5) is 0 Å². The molecule has 0 saturated carbocycles. The summed E-state index contributed by atoms with van der Waals surface area (Å²) in [7, 11) is 3.45. The fraction of sp³-hybridized carbons (Fsp3) is 0.409. The lowest BCUT2D eigenvalue weighted by Crippen LogP contribution is -2.54. The summed E-state index contributed by atoms with van der Waals surface area (Å²) in [6.45, 7) is 8.47. The molecule has 146 valence electrons. The van der Waals surface area contributed by atoms with E-state index in [1.165, 1.54) is 5.56 Å². The van der Waals surface area contributed by atoms with E-state index in [4.69, 9.17) is 0 Å². The minimum absolute atomic E-state index is 0.0902. The highest BCUT2D eigenvalue weighted by atomic mass is 16.5. The Bertz CT molecular complexity index is 745. The molecule has 0 fully saturated rings. The fourth-order valence-electron chi connectivity index (χ4n) is 2.99. The molecule has 2 atom stereocenters.